The van der Waals surface area contributed by atoms with Crippen LogP contribution in [0.2, 0.25) is 0 Å². The number of carbonyl (C=O) groups excluding carboxylic acids is 1. The minimum Gasteiger partial charge on any atom is -0.420 e. The topological polar surface area (TPSA) is 73.4 Å². The highest BCUT2D eigenvalue weighted by Gasteiger charge is 2.26. The Morgan fingerprint density at radius 3 is 2.51 bits per heavy atom. The minimum atomic E-state index is 0.112. The van der Waals surface area contributed by atoms with Gasteiger partial charge in [-0.05, 0) is 34.9 Å². The average molecular weight is 463 g/mol. The van der Waals surface area contributed by atoms with Crippen LogP contribution in [0, 0.1) is 18.3 Å². The summed E-state index contributed by atoms with van der Waals surface area (Å²) in [6.07, 6.45) is 4.07. The number of hydrogen-bond acceptors (Lipinski definition) is 5. The van der Waals surface area contributed by atoms with Crippen molar-refractivity contribution in [2.24, 2.45) is 0 Å². The van der Waals surface area contributed by atoms with Gasteiger partial charge in [0.2, 0.25) is 23.4 Å². The molecule has 1 saturated heterocycles. The van der Waals surface area contributed by atoms with Crippen LogP contribution in [0.5, 0.6) is 0 Å². The van der Waals surface area contributed by atoms with Crippen molar-refractivity contribution >= 4 is 34.7 Å². The van der Waals surface area contributed by atoms with Gasteiger partial charge in [0.05, 0.1) is 6.42 Å². The van der Waals surface area contributed by atoms with Crippen molar-refractivity contribution in [1.82, 2.24) is 9.88 Å². The van der Waals surface area contributed by atoms with Gasteiger partial charge < -0.3 is 14.2 Å². The number of nitriles is 1. The van der Waals surface area contributed by atoms with E-state index in [0.717, 1.165) is 21.9 Å². The molecule has 3 aromatic carbocycles. The van der Waals surface area contributed by atoms with Crippen molar-refractivity contribution in [3.8, 4) is 6.07 Å². The van der Waals surface area contributed by atoms with Crippen molar-refractivity contribution in [3.05, 3.63) is 95.0 Å². The molecule has 1 aliphatic heterocycles. The van der Waals surface area contributed by atoms with Crippen molar-refractivity contribution < 1.29 is 9.21 Å². The molecule has 4 aromatic rings. The van der Waals surface area contributed by atoms with Gasteiger partial charge >= 0.3 is 0 Å². The molecule has 1 aromatic heterocycles. The van der Waals surface area contributed by atoms with E-state index in [1.54, 1.807) is 6.08 Å². The second kappa shape index (κ2) is 9.86. The minimum absolute atomic E-state index is 0.112. The number of aromatic nitrogens is 1. The smallest absolute Gasteiger partial charge is 0.235 e. The molecule has 35 heavy (non-hydrogen) atoms. The first-order valence-electron chi connectivity index (χ1n) is 11.8. The summed E-state index contributed by atoms with van der Waals surface area (Å²) in [5.74, 6) is 0.976. The average Bonchev–Trinajstić information content (AvgIpc) is 3.32. The molecule has 6 nitrogen and oxygen atoms in total. The van der Waals surface area contributed by atoms with Crippen LogP contribution in [0.25, 0.3) is 22.9 Å². The van der Waals surface area contributed by atoms with E-state index >= 15 is 0 Å². The largest absolute Gasteiger partial charge is 0.420 e. The second-order valence-electron chi connectivity index (χ2n) is 8.74. The maximum Gasteiger partial charge on any atom is 0.235 e. The number of rotatable bonds is 5. The predicted molar refractivity (Wildman–Crippen MR) is 138 cm³/mol. The summed E-state index contributed by atoms with van der Waals surface area (Å²) in [7, 11) is 0. The number of carbonyl (C=O) groups is 1. The predicted octanol–water partition coefficient (Wildman–Crippen LogP) is 5.07. The lowest BCUT2D eigenvalue weighted by Gasteiger charge is -2.34. The van der Waals surface area contributed by atoms with Gasteiger partial charge in [-0.2, -0.15) is 10.2 Å². The first-order chi connectivity index (χ1) is 17.1. The van der Waals surface area contributed by atoms with E-state index in [4.69, 9.17) is 4.42 Å². The normalized spacial score (nSPS) is 13.9. The van der Waals surface area contributed by atoms with Crippen molar-refractivity contribution in [2.75, 3.05) is 31.1 Å². The Hall–Kier alpha value is -4.37. The number of oxazole rings is 1. The lowest BCUT2D eigenvalue weighted by Crippen LogP contribution is -2.49. The number of anilines is 1. The first kappa shape index (κ1) is 22.4. The molecule has 6 heteroatoms. The third-order valence-corrected chi connectivity index (χ3v) is 6.37. The maximum absolute atomic E-state index is 13.0. The van der Waals surface area contributed by atoms with Crippen LogP contribution >= 0.6 is 0 Å². The Kier molecular flexibility index (Phi) is 6.32. The number of fused-ring (bicyclic) bond motifs is 1. The number of benzene rings is 3. The maximum atomic E-state index is 13.0. The highest BCUT2D eigenvalue weighted by atomic mass is 16.4. The van der Waals surface area contributed by atoms with Gasteiger partial charge in [0.15, 0.2) is 0 Å². The van der Waals surface area contributed by atoms with Crippen LogP contribution in [0.15, 0.2) is 71.1 Å². The van der Waals surface area contributed by atoms with Crippen LogP contribution in [0.4, 0.5) is 5.88 Å². The fraction of sp³-hybridized carbons (Fsp3) is 0.207. The van der Waals surface area contributed by atoms with Crippen LogP contribution in [-0.2, 0) is 11.2 Å². The molecule has 0 unspecified atom stereocenters. The van der Waals surface area contributed by atoms with Crippen LogP contribution in [0.3, 0.4) is 0 Å². The molecule has 1 amide bonds. The Balaban J connectivity index is 1.24. The van der Waals surface area contributed by atoms with Crippen LogP contribution in [-0.4, -0.2) is 42.0 Å². The van der Waals surface area contributed by atoms with E-state index in [0.29, 0.717) is 44.4 Å². The lowest BCUT2D eigenvalue weighted by molar-refractivity contribution is -0.130. The molecule has 5 rings (SSSR count). The molecule has 0 N–H and O–H groups in total. The Labute approximate surface area is 204 Å². The molecule has 0 spiro atoms. The number of aryl methyl sites for hydroxylation is 1. The third-order valence-electron chi connectivity index (χ3n) is 6.37. The Morgan fingerprint density at radius 1 is 1.00 bits per heavy atom. The fourth-order valence-electron chi connectivity index (χ4n) is 4.41. The van der Waals surface area contributed by atoms with Gasteiger partial charge in [0.25, 0.3) is 0 Å². The van der Waals surface area contributed by atoms with Gasteiger partial charge in [-0.15, -0.1) is 0 Å². The van der Waals surface area contributed by atoms with Crippen LogP contribution in [0.1, 0.15) is 28.3 Å². The van der Waals surface area contributed by atoms with E-state index in [1.807, 2.05) is 71.3 Å². The number of amides is 1. The summed E-state index contributed by atoms with van der Waals surface area (Å²) in [6, 6.07) is 24.5. The summed E-state index contributed by atoms with van der Waals surface area (Å²) >= 11 is 0. The van der Waals surface area contributed by atoms with E-state index in [-0.39, 0.29) is 11.6 Å². The van der Waals surface area contributed by atoms with Gasteiger partial charge in [-0.1, -0.05) is 72.3 Å². The zero-order valence-electron chi connectivity index (χ0n) is 19.6. The summed E-state index contributed by atoms with van der Waals surface area (Å²) in [6.45, 7) is 4.37. The molecule has 2 heterocycles. The SMILES string of the molecule is Cc1ccc(/C=C/c2nc(C#N)c(N3CCN(C(=O)Cc4cccc5ccccc45)CC3)o2)cc1. The fourth-order valence-corrected chi connectivity index (χ4v) is 4.41. The molecule has 174 valence electrons. The van der Waals surface area contributed by atoms with Gasteiger partial charge in [0, 0.05) is 32.3 Å². The number of nitrogens with zero attached hydrogens (tertiary/aromatic N) is 4. The molecular weight excluding hydrogens is 436 g/mol. The molecule has 0 saturated carbocycles. The molecule has 1 fully saturated rings. The summed E-state index contributed by atoms with van der Waals surface area (Å²) in [5, 5.41) is 11.8. The number of hydrogen-bond donors (Lipinski definition) is 0. The Morgan fingerprint density at radius 2 is 1.74 bits per heavy atom. The molecule has 1 aliphatic rings. The molecule has 0 radical (unpaired) electrons. The highest BCUT2D eigenvalue weighted by molar-refractivity contribution is 5.90. The van der Waals surface area contributed by atoms with Crippen molar-refractivity contribution in [3.63, 3.8) is 0 Å². The zero-order chi connectivity index (χ0) is 24.2. The van der Waals surface area contributed by atoms with Gasteiger partial charge in [-0.25, -0.2) is 0 Å². The second-order valence-corrected chi connectivity index (χ2v) is 8.74. The lowest BCUT2D eigenvalue weighted by atomic mass is 10.0. The third kappa shape index (κ3) is 4.95. The quantitative estimate of drug-likeness (QED) is 0.414. The summed E-state index contributed by atoms with van der Waals surface area (Å²) in [5.41, 5.74) is 3.54. The first-order valence-corrected chi connectivity index (χ1v) is 11.8. The summed E-state index contributed by atoms with van der Waals surface area (Å²) < 4.78 is 5.93. The van der Waals surface area contributed by atoms with Crippen LogP contribution < -0.4 is 4.90 Å². The van der Waals surface area contributed by atoms with Crippen molar-refractivity contribution in [1.29, 1.82) is 5.26 Å². The monoisotopic (exact) mass is 462 g/mol. The molecule has 0 bridgehead atoms. The number of piperazine rings is 1. The highest BCUT2D eigenvalue weighted by Crippen LogP contribution is 2.25. The standard InChI is InChI=1S/C29H26N4O2/c1-21-9-11-22(12-10-21)13-14-27-31-26(20-30)29(35-27)33-17-15-32(16-18-33)28(34)19-24-7-4-6-23-5-2-3-8-25(23)24/h2-14H,15-19H2,1H3/b14-13+. The van der Waals surface area contributed by atoms with E-state index < -0.39 is 0 Å². The zero-order valence-corrected chi connectivity index (χ0v) is 19.6. The van der Waals surface area contributed by atoms with E-state index in [1.165, 1.54) is 5.56 Å². The molecular formula is C29H26N4O2. The van der Waals surface area contributed by atoms with E-state index in [9.17, 15) is 10.1 Å². The van der Waals surface area contributed by atoms with Crippen molar-refractivity contribution in [2.45, 2.75) is 13.3 Å². The van der Waals surface area contributed by atoms with Gasteiger partial charge in [0.1, 0.15) is 6.07 Å². The molecule has 0 aliphatic carbocycles. The summed E-state index contributed by atoms with van der Waals surface area (Å²) in [4.78, 5) is 21.3. The van der Waals surface area contributed by atoms with Gasteiger partial charge in [-0.3, -0.25) is 4.79 Å². The van der Waals surface area contributed by atoms with E-state index in [2.05, 4.69) is 29.3 Å². The molecule has 0 atom stereocenters. The Bertz CT molecular complexity index is 1420.